The number of piperidine rings is 1. The van der Waals surface area contributed by atoms with Gasteiger partial charge in [-0.1, -0.05) is 0 Å². The number of amides is 1. The Morgan fingerprint density at radius 3 is 2.71 bits per heavy atom. The van der Waals surface area contributed by atoms with Gasteiger partial charge < -0.3 is 10.8 Å². The lowest BCUT2D eigenvalue weighted by atomic mass is 9.87. The Labute approximate surface area is 126 Å². The number of aliphatic hydroxyl groups is 1. The van der Waals surface area contributed by atoms with Crippen molar-refractivity contribution in [3.63, 3.8) is 0 Å². The number of hydrogen-bond acceptors (Lipinski definition) is 5. The van der Waals surface area contributed by atoms with Crippen molar-refractivity contribution >= 4 is 15.9 Å². The summed E-state index contributed by atoms with van der Waals surface area (Å²) in [6.07, 6.45) is 4.64. The molecule has 7 nitrogen and oxygen atoms in total. The van der Waals surface area contributed by atoms with Gasteiger partial charge in [0, 0.05) is 26.2 Å². The van der Waals surface area contributed by atoms with E-state index >= 15 is 0 Å². The number of hydrogen-bond donors (Lipinski definition) is 2. The molecule has 0 unspecified atom stereocenters. The van der Waals surface area contributed by atoms with E-state index in [1.165, 1.54) is 7.05 Å². The molecule has 2 fully saturated rings. The second kappa shape index (κ2) is 5.83. The van der Waals surface area contributed by atoms with Crippen molar-refractivity contribution in [3.8, 4) is 0 Å². The number of rotatable bonds is 6. The number of aliphatic hydroxyl groups excluding tert-OH is 1. The summed E-state index contributed by atoms with van der Waals surface area (Å²) in [5.74, 6) is -0.326. The van der Waals surface area contributed by atoms with Gasteiger partial charge in [-0.3, -0.25) is 9.69 Å². The van der Waals surface area contributed by atoms with Crippen LogP contribution in [0, 0.1) is 0 Å². The lowest BCUT2D eigenvalue weighted by Crippen LogP contribution is -2.60. The summed E-state index contributed by atoms with van der Waals surface area (Å²) >= 11 is 0. The van der Waals surface area contributed by atoms with Gasteiger partial charge in [-0.2, -0.15) is 0 Å². The van der Waals surface area contributed by atoms with E-state index in [1.807, 2.05) is 4.90 Å². The van der Waals surface area contributed by atoms with E-state index in [0.29, 0.717) is 0 Å². The molecule has 2 aliphatic heterocycles. The van der Waals surface area contributed by atoms with Crippen molar-refractivity contribution in [2.24, 2.45) is 5.73 Å². The van der Waals surface area contributed by atoms with Gasteiger partial charge in [-0.15, -0.1) is 0 Å². The van der Waals surface area contributed by atoms with Gasteiger partial charge >= 0.3 is 0 Å². The summed E-state index contributed by atoms with van der Waals surface area (Å²) in [6.45, 7) is 0.310. The Morgan fingerprint density at radius 1 is 1.48 bits per heavy atom. The number of fused-ring (bicyclic) bond motifs is 2. The molecule has 0 radical (unpaired) electrons. The third kappa shape index (κ3) is 3.23. The molecule has 0 aromatic rings. The molecule has 2 rings (SSSR count). The predicted molar refractivity (Wildman–Crippen MR) is 79.0 cm³/mol. The molecule has 3 N–H and O–H groups in total. The number of sulfonamides is 1. The van der Waals surface area contributed by atoms with Crippen LogP contribution < -0.4 is 5.73 Å². The van der Waals surface area contributed by atoms with Gasteiger partial charge in [0.25, 0.3) is 0 Å². The molecular weight excluding hydrogens is 294 g/mol. The number of likely N-dealkylation sites (N-methyl/N-ethyl adjacent to an activating group) is 1. The fourth-order valence-electron chi connectivity index (χ4n) is 3.68. The third-order valence-electron chi connectivity index (χ3n) is 4.91. The first-order chi connectivity index (χ1) is 9.67. The molecule has 2 bridgehead atoms. The molecule has 21 heavy (non-hydrogen) atoms. The summed E-state index contributed by atoms with van der Waals surface area (Å²) in [5, 5.41) is 10.2. The molecule has 2 aliphatic rings. The highest BCUT2D eigenvalue weighted by Gasteiger charge is 2.52. The lowest BCUT2D eigenvalue weighted by molar-refractivity contribution is -0.132. The fraction of sp³-hybridized carbons (Fsp3) is 0.923. The van der Waals surface area contributed by atoms with E-state index in [4.69, 9.17) is 5.73 Å². The third-order valence-corrected chi connectivity index (χ3v) is 6.19. The van der Waals surface area contributed by atoms with Gasteiger partial charge in [0.2, 0.25) is 15.9 Å². The smallest absolute Gasteiger partial charge is 0.237 e. The van der Waals surface area contributed by atoms with Crippen LogP contribution in [0.15, 0.2) is 0 Å². The van der Waals surface area contributed by atoms with Crippen LogP contribution in [0.4, 0.5) is 0 Å². The molecule has 3 atom stereocenters. The second-order valence-electron chi connectivity index (χ2n) is 6.33. The van der Waals surface area contributed by atoms with E-state index < -0.39 is 21.7 Å². The molecule has 122 valence electrons. The van der Waals surface area contributed by atoms with Crippen LogP contribution in [0.5, 0.6) is 0 Å². The van der Waals surface area contributed by atoms with Crippen LogP contribution in [0.25, 0.3) is 0 Å². The number of carbonyl (C=O) groups excluding carboxylic acids is 1. The fourth-order valence-corrected chi connectivity index (χ4v) is 4.12. The zero-order chi connectivity index (χ0) is 15.8. The minimum absolute atomic E-state index is 0.0247. The molecule has 0 aromatic heterocycles. The maximum atomic E-state index is 11.9. The van der Waals surface area contributed by atoms with E-state index in [1.54, 1.807) is 0 Å². The molecule has 2 heterocycles. The first-order valence-electron chi connectivity index (χ1n) is 7.33. The standard InChI is InChI=1S/C13H25N3O4S/c1-15(21(2,19)20)8-11(17)9-16-10-4-3-6-13(16,7-5-10)12(14)18/h10-11,17H,3-9H2,1-2H3,(H2,14,18)/t10-,11+,13+/m1/s1. The van der Waals surface area contributed by atoms with Crippen LogP contribution in [-0.4, -0.2) is 72.7 Å². The maximum Gasteiger partial charge on any atom is 0.237 e. The van der Waals surface area contributed by atoms with Crippen LogP contribution >= 0.6 is 0 Å². The minimum Gasteiger partial charge on any atom is -0.390 e. The Morgan fingerprint density at radius 2 is 2.14 bits per heavy atom. The SMILES string of the molecule is CN(C[C@H](O)CN1[C@@H]2CCC[C@@]1(C(N)=O)CC2)S(C)(=O)=O. The summed E-state index contributed by atoms with van der Waals surface area (Å²) in [4.78, 5) is 13.9. The van der Waals surface area contributed by atoms with Gasteiger partial charge in [0.15, 0.2) is 0 Å². The quantitative estimate of drug-likeness (QED) is 0.661. The Hall–Kier alpha value is -0.700. The molecule has 2 saturated heterocycles. The first-order valence-corrected chi connectivity index (χ1v) is 9.18. The Balaban J connectivity index is 2.06. The molecular formula is C13H25N3O4S. The average molecular weight is 319 g/mol. The van der Waals surface area contributed by atoms with E-state index in [-0.39, 0.29) is 25.0 Å². The Kier molecular flexibility index (Phi) is 4.63. The summed E-state index contributed by atoms with van der Waals surface area (Å²) in [5.41, 5.74) is 4.96. The highest BCUT2D eigenvalue weighted by atomic mass is 32.2. The Bertz CT molecular complexity index is 506. The van der Waals surface area contributed by atoms with Crippen LogP contribution in [0.3, 0.4) is 0 Å². The van der Waals surface area contributed by atoms with Crippen LogP contribution in [0.2, 0.25) is 0 Å². The van der Waals surface area contributed by atoms with Crippen molar-refractivity contribution in [2.45, 2.75) is 49.8 Å². The highest BCUT2D eigenvalue weighted by Crippen LogP contribution is 2.43. The average Bonchev–Trinajstić information content (AvgIpc) is 2.58. The largest absolute Gasteiger partial charge is 0.390 e. The summed E-state index contributed by atoms with van der Waals surface area (Å²) in [6, 6.07) is 0.268. The second-order valence-corrected chi connectivity index (χ2v) is 8.42. The molecule has 0 aromatic carbocycles. The zero-order valence-corrected chi connectivity index (χ0v) is 13.5. The topological polar surface area (TPSA) is 104 Å². The molecule has 0 aliphatic carbocycles. The highest BCUT2D eigenvalue weighted by molar-refractivity contribution is 7.88. The number of β-amino-alcohol motifs (C(OH)–C–C–N with tert-alkyl or cyclic N) is 1. The van der Waals surface area contributed by atoms with E-state index in [9.17, 15) is 18.3 Å². The molecule has 0 spiro atoms. The molecule has 0 saturated carbocycles. The number of carbonyl (C=O) groups is 1. The van der Waals surface area contributed by atoms with Crippen LogP contribution in [-0.2, 0) is 14.8 Å². The normalized spacial score (nSPS) is 31.5. The van der Waals surface area contributed by atoms with Crippen molar-refractivity contribution in [1.29, 1.82) is 0 Å². The van der Waals surface area contributed by atoms with Gasteiger partial charge in [0.1, 0.15) is 5.54 Å². The predicted octanol–water partition coefficient (Wildman–Crippen LogP) is -0.889. The maximum absolute atomic E-state index is 11.9. The van der Waals surface area contributed by atoms with Crippen molar-refractivity contribution in [2.75, 3.05) is 26.4 Å². The van der Waals surface area contributed by atoms with Crippen LogP contribution in [0.1, 0.15) is 32.1 Å². The molecule has 8 heteroatoms. The minimum atomic E-state index is -3.32. The van der Waals surface area contributed by atoms with Crippen molar-refractivity contribution in [3.05, 3.63) is 0 Å². The summed E-state index contributed by atoms with van der Waals surface area (Å²) in [7, 11) is -1.88. The number of nitrogens with two attached hydrogens (primary N) is 1. The number of nitrogens with zero attached hydrogens (tertiary/aromatic N) is 2. The first kappa shape index (κ1) is 16.7. The van der Waals surface area contributed by atoms with Gasteiger partial charge in [-0.25, -0.2) is 12.7 Å². The van der Waals surface area contributed by atoms with E-state index in [0.717, 1.165) is 42.7 Å². The van der Waals surface area contributed by atoms with Gasteiger partial charge in [-0.05, 0) is 32.1 Å². The number of primary amides is 1. The van der Waals surface area contributed by atoms with Crippen molar-refractivity contribution in [1.82, 2.24) is 9.21 Å². The van der Waals surface area contributed by atoms with E-state index in [2.05, 4.69) is 0 Å². The zero-order valence-electron chi connectivity index (χ0n) is 12.7. The van der Waals surface area contributed by atoms with Gasteiger partial charge in [0.05, 0.1) is 12.4 Å². The van der Waals surface area contributed by atoms with Crippen molar-refractivity contribution < 1.29 is 18.3 Å². The lowest BCUT2D eigenvalue weighted by Gasteiger charge is -2.43. The summed E-state index contributed by atoms with van der Waals surface area (Å²) < 4.78 is 23.9. The monoisotopic (exact) mass is 319 g/mol. The molecule has 1 amide bonds.